The Bertz CT molecular complexity index is 678. The van der Waals surface area contributed by atoms with E-state index in [1.54, 1.807) is 6.07 Å². The van der Waals surface area contributed by atoms with Crippen LogP contribution in [0, 0.1) is 11.3 Å². The van der Waals surface area contributed by atoms with Crippen molar-refractivity contribution in [1.82, 2.24) is 0 Å². The van der Waals surface area contributed by atoms with Crippen molar-refractivity contribution in [2.75, 3.05) is 17.6 Å². The summed E-state index contributed by atoms with van der Waals surface area (Å²) >= 11 is 12.0. The van der Waals surface area contributed by atoms with Gasteiger partial charge in [-0.25, -0.2) is 0 Å². The minimum Gasteiger partial charge on any atom is -0.398 e. The molecule has 2 aromatic rings. The molecular formula is C16H15Cl2N3. The second-order valence-corrected chi connectivity index (χ2v) is 5.50. The molecule has 3 nitrogen and oxygen atoms in total. The van der Waals surface area contributed by atoms with Gasteiger partial charge in [0, 0.05) is 28.0 Å². The van der Waals surface area contributed by atoms with Crippen LogP contribution in [-0.2, 0) is 12.8 Å². The Kier molecular flexibility index (Phi) is 5.32. The van der Waals surface area contributed by atoms with Crippen LogP contribution in [0.15, 0.2) is 36.4 Å². The van der Waals surface area contributed by atoms with Crippen LogP contribution in [0.4, 0.5) is 11.4 Å². The molecule has 0 spiro atoms. The fourth-order valence-electron chi connectivity index (χ4n) is 2.02. The number of rotatable bonds is 5. The van der Waals surface area contributed by atoms with Crippen LogP contribution in [0.25, 0.3) is 0 Å². The molecule has 2 rings (SSSR count). The quantitative estimate of drug-likeness (QED) is 0.808. The second kappa shape index (κ2) is 7.21. The number of halogens is 2. The molecule has 21 heavy (non-hydrogen) atoms. The second-order valence-electron chi connectivity index (χ2n) is 4.66. The van der Waals surface area contributed by atoms with Gasteiger partial charge in [0.1, 0.15) is 0 Å². The molecule has 108 valence electrons. The highest BCUT2D eigenvalue weighted by Gasteiger charge is 2.03. The van der Waals surface area contributed by atoms with E-state index in [2.05, 4.69) is 11.4 Å². The van der Waals surface area contributed by atoms with Gasteiger partial charge in [-0.1, -0.05) is 29.3 Å². The third kappa shape index (κ3) is 4.29. The number of hydrogen-bond donors (Lipinski definition) is 2. The Labute approximate surface area is 134 Å². The van der Waals surface area contributed by atoms with Crippen LogP contribution in [0.2, 0.25) is 10.0 Å². The lowest BCUT2D eigenvalue weighted by atomic mass is 10.1. The predicted octanol–water partition coefficient (Wildman–Crippen LogP) is 4.30. The van der Waals surface area contributed by atoms with E-state index in [0.29, 0.717) is 22.2 Å². The van der Waals surface area contributed by atoms with E-state index in [1.165, 1.54) is 0 Å². The van der Waals surface area contributed by atoms with Crippen molar-refractivity contribution in [2.24, 2.45) is 0 Å². The fourth-order valence-corrected chi connectivity index (χ4v) is 2.52. The van der Waals surface area contributed by atoms with Gasteiger partial charge in [-0.2, -0.15) is 5.26 Å². The SMILES string of the molecule is N#CCc1cc(NCCc2ccc(Cl)cc2Cl)ccc1N. The normalized spacial score (nSPS) is 10.1. The van der Waals surface area contributed by atoms with Crippen LogP contribution in [0.1, 0.15) is 11.1 Å². The minimum atomic E-state index is 0.310. The zero-order valence-electron chi connectivity index (χ0n) is 11.4. The van der Waals surface area contributed by atoms with E-state index in [-0.39, 0.29) is 0 Å². The van der Waals surface area contributed by atoms with Crippen LogP contribution in [-0.4, -0.2) is 6.54 Å². The highest BCUT2D eigenvalue weighted by Crippen LogP contribution is 2.22. The zero-order valence-corrected chi connectivity index (χ0v) is 12.9. The van der Waals surface area contributed by atoms with Gasteiger partial charge >= 0.3 is 0 Å². The van der Waals surface area contributed by atoms with E-state index in [4.69, 9.17) is 34.2 Å². The lowest BCUT2D eigenvalue weighted by molar-refractivity contribution is 1.02. The highest BCUT2D eigenvalue weighted by molar-refractivity contribution is 6.35. The maximum Gasteiger partial charge on any atom is 0.0670 e. The topological polar surface area (TPSA) is 61.8 Å². The maximum atomic E-state index is 8.76. The molecule has 0 unspecified atom stereocenters. The summed E-state index contributed by atoms with van der Waals surface area (Å²) in [6.45, 7) is 0.733. The van der Waals surface area contributed by atoms with Gasteiger partial charge in [-0.3, -0.25) is 0 Å². The van der Waals surface area contributed by atoms with Crippen molar-refractivity contribution in [1.29, 1.82) is 5.26 Å². The van der Waals surface area contributed by atoms with Gasteiger partial charge in [0.2, 0.25) is 0 Å². The van der Waals surface area contributed by atoms with Crippen molar-refractivity contribution in [3.05, 3.63) is 57.6 Å². The molecule has 0 saturated heterocycles. The third-order valence-corrected chi connectivity index (χ3v) is 3.74. The lowest BCUT2D eigenvalue weighted by Gasteiger charge is -2.10. The summed E-state index contributed by atoms with van der Waals surface area (Å²) in [6.07, 6.45) is 1.10. The Hall–Kier alpha value is -1.89. The van der Waals surface area contributed by atoms with Crippen LogP contribution in [0.3, 0.4) is 0 Å². The van der Waals surface area contributed by atoms with Crippen molar-refractivity contribution in [2.45, 2.75) is 12.8 Å². The molecule has 0 amide bonds. The number of nitrogens with zero attached hydrogens (tertiary/aromatic N) is 1. The van der Waals surface area contributed by atoms with Gasteiger partial charge in [-0.15, -0.1) is 0 Å². The monoisotopic (exact) mass is 319 g/mol. The molecule has 2 aromatic carbocycles. The Morgan fingerprint density at radius 3 is 2.62 bits per heavy atom. The first kappa shape index (κ1) is 15.5. The molecule has 0 heterocycles. The van der Waals surface area contributed by atoms with Gasteiger partial charge in [0.15, 0.2) is 0 Å². The molecule has 0 radical (unpaired) electrons. The molecule has 0 aromatic heterocycles. The van der Waals surface area contributed by atoms with Crippen molar-refractivity contribution in [3.63, 3.8) is 0 Å². The van der Waals surface area contributed by atoms with Gasteiger partial charge in [0.25, 0.3) is 0 Å². The van der Waals surface area contributed by atoms with Crippen molar-refractivity contribution < 1.29 is 0 Å². The van der Waals surface area contributed by atoms with Crippen LogP contribution >= 0.6 is 23.2 Å². The number of nitrogens with one attached hydrogen (secondary N) is 1. The van der Waals surface area contributed by atoms with Gasteiger partial charge < -0.3 is 11.1 Å². The van der Waals surface area contributed by atoms with Crippen LogP contribution < -0.4 is 11.1 Å². The summed E-state index contributed by atoms with van der Waals surface area (Å²) in [5.74, 6) is 0. The Morgan fingerprint density at radius 2 is 1.90 bits per heavy atom. The first-order valence-corrected chi connectivity index (χ1v) is 7.29. The number of anilines is 2. The molecule has 0 atom stereocenters. The minimum absolute atomic E-state index is 0.310. The van der Waals surface area contributed by atoms with E-state index in [9.17, 15) is 0 Å². The van der Waals surface area contributed by atoms with Crippen LogP contribution in [0.5, 0.6) is 0 Å². The lowest BCUT2D eigenvalue weighted by Crippen LogP contribution is -2.06. The number of nitrogen functional groups attached to an aromatic ring is 1. The summed E-state index contributed by atoms with van der Waals surface area (Å²) in [7, 11) is 0. The molecule has 5 heteroatoms. The summed E-state index contributed by atoms with van der Waals surface area (Å²) in [6, 6.07) is 13.2. The summed E-state index contributed by atoms with van der Waals surface area (Å²) in [4.78, 5) is 0. The largest absolute Gasteiger partial charge is 0.398 e. The summed E-state index contributed by atoms with van der Waals surface area (Å²) in [5.41, 5.74) is 9.29. The smallest absolute Gasteiger partial charge is 0.0670 e. The summed E-state index contributed by atoms with van der Waals surface area (Å²) < 4.78 is 0. The molecule has 0 saturated carbocycles. The molecular weight excluding hydrogens is 305 g/mol. The van der Waals surface area contributed by atoms with Gasteiger partial charge in [0.05, 0.1) is 12.5 Å². The Balaban J connectivity index is 1.97. The molecule has 3 N–H and O–H groups in total. The van der Waals surface area contributed by atoms with Crippen molar-refractivity contribution in [3.8, 4) is 6.07 Å². The maximum absolute atomic E-state index is 8.76. The van der Waals surface area contributed by atoms with E-state index < -0.39 is 0 Å². The molecule has 0 aliphatic rings. The zero-order chi connectivity index (χ0) is 15.2. The number of benzene rings is 2. The van der Waals surface area contributed by atoms with E-state index in [1.807, 2.05) is 30.3 Å². The number of nitrogens with two attached hydrogens (primary N) is 1. The van der Waals surface area contributed by atoms with Gasteiger partial charge in [-0.05, 0) is 47.9 Å². The predicted molar refractivity (Wildman–Crippen MR) is 88.8 cm³/mol. The fraction of sp³-hybridized carbons (Fsp3) is 0.188. The third-order valence-electron chi connectivity index (χ3n) is 3.15. The van der Waals surface area contributed by atoms with E-state index in [0.717, 1.165) is 29.8 Å². The Morgan fingerprint density at radius 1 is 1.10 bits per heavy atom. The first-order chi connectivity index (χ1) is 10.1. The molecule has 0 aliphatic carbocycles. The number of nitriles is 1. The average Bonchev–Trinajstić information content (AvgIpc) is 2.45. The summed E-state index contributed by atoms with van der Waals surface area (Å²) in [5, 5.41) is 13.4. The first-order valence-electron chi connectivity index (χ1n) is 6.53. The van der Waals surface area contributed by atoms with E-state index >= 15 is 0 Å². The molecule has 0 bridgehead atoms. The molecule has 0 aliphatic heterocycles. The number of hydrogen-bond acceptors (Lipinski definition) is 3. The molecule has 0 fully saturated rings. The van der Waals surface area contributed by atoms with Crippen molar-refractivity contribution >= 4 is 34.6 Å². The highest BCUT2D eigenvalue weighted by atomic mass is 35.5. The standard InChI is InChI=1S/C16H15Cl2N3/c17-13-2-1-11(15(18)10-13)6-8-21-14-3-4-16(20)12(9-14)5-7-19/h1-4,9-10,21H,5-6,8,20H2. The average molecular weight is 320 g/mol.